The highest BCUT2D eigenvalue weighted by molar-refractivity contribution is 5.85. The number of nitrogens with zero attached hydrogens (tertiary/aromatic N) is 1. The summed E-state index contributed by atoms with van der Waals surface area (Å²) in [5.41, 5.74) is 3.46. The molecule has 39 heavy (non-hydrogen) atoms. The molecule has 2 fully saturated rings. The van der Waals surface area contributed by atoms with E-state index in [0.717, 1.165) is 30.0 Å². The number of hydrogen-bond donors (Lipinski definition) is 0. The van der Waals surface area contributed by atoms with Crippen LogP contribution in [0.2, 0.25) is 0 Å². The number of ether oxygens (including phenoxy) is 2. The minimum Gasteiger partial charge on any atom is -0.369 e. The molecule has 1 saturated carbocycles. The SMILES string of the molecule is O=C(CCCC1CCCCC1)C1C(OCc2ccccc2)C(OCc2ccccc2)CN1Cc1ccccc1. The lowest BCUT2D eigenvalue weighted by molar-refractivity contribution is -0.131. The number of carbonyl (C=O) groups excluding carboxylic acids is 1. The van der Waals surface area contributed by atoms with E-state index in [1.54, 1.807) is 0 Å². The highest BCUT2D eigenvalue weighted by Crippen LogP contribution is 2.31. The van der Waals surface area contributed by atoms with E-state index in [0.29, 0.717) is 32.0 Å². The van der Waals surface area contributed by atoms with Crippen LogP contribution in [0.1, 0.15) is 68.1 Å². The third kappa shape index (κ3) is 8.11. The van der Waals surface area contributed by atoms with Crippen LogP contribution in [0, 0.1) is 5.92 Å². The van der Waals surface area contributed by atoms with Gasteiger partial charge in [0.1, 0.15) is 6.10 Å². The van der Waals surface area contributed by atoms with Crippen LogP contribution in [0.3, 0.4) is 0 Å². The van der Waals surface area contributed by atoms with Crippen LogP contribution < -0.4 is 0 Å². The zero-order chi connectivity index (χ0) is 26.7. The lowest BCUT2D eigenvalue weighted by Gasteiger charge is -2.28. The molecular formula is C35H43NO3. The third-order valence-corrected chi connectivity index (χ3v) is 8.40. The van der Waals surface area contributed by atoms with E-state index in [1.807, 2.05) is 42.5 Å². The van der Waals surface area contributed by atoms with Gasteiger partial charge < -0.3 is 9.47 Å². The van der Waals surface area contributed by atoms with Gasteiger partial charge in [-0.05, 0) is 29.0 Å². The van der Waals surface area contributed by atoms with Crippen LogP contribution in [0.4, 0.5) is 0 Å². The summed E-state index contributed by atoms with van der Waals surface area (Å²) < 4.78 is 13.1. The predicted molar refractivity (Wildman–Crippen MR) is 156 cm³/mol. The van der Waals surface area contributed by atoms with Gasteiger partial charge in [0.25, 0.3) is 0 Å². The fourth-order valence-electron chi connectivity index (χ4n) is 6.31. The molecule has 4 nitrogen and oxygen atoms in total. The molecule has 0 aromatic heterocycles. The molecule has 0 spiro atoms. The largest absolute Gasteiger partial charge is 0.369 e. The van der Waals surface area contributed by atoms with E-state index >= 15 is 0 Å². The van der Waals surface area contributed by atoms with Gasteiger partial charge in [0.05, 0.1) is 25.4 Å². The molecule has 206 valence electrons. The Kier molecular flexibility index (Phi) is 10.4. The summed E-state index contributed by atoms with van der Waals surface area (Å²) in [6.07, 6.45) is 9.00. The van der Waals surface area contributed by atoms with E-state index < -0.39 is 0 Å². The molecule has 2 aliphatic rings. The summed E-state index contributed by atoms with van der Waals surface area (Å²) in [6, 6.07) is 30.7. The van der Waals surface area contributed by atoms with E-state index in [9.17, 15) is 4.79 Å². The lowest BCUT2D eigenvalue weighted by atomic mass is 9.85. The van der Waals surface area contributed by atoms with Gasteiger partial charge in [-0.2, -0.15) is 0 Å². The Morgan fingerprint density at radius 1 is 0.718 bits per heavy atom. The fraction of sp³-hybridized carbons (Fsp3) is 0.457. The van der Waals surface area contributed by atoms with Crippen molar-refractivity contribution in [2.24, 2.45) is 5.92 Å². The Morgan fingerprint density at radius 2 is 1.28 bits per heavy atom. The zero-order valence-corrected chi connectivity index (χ0v) is 23.1. The van der Waals surface area contributed by atoms with E-state index in [4.69, 9.17) is 9.47 Å². The molecule has 0 bridgehead atoms. The van der Waals surface area contributed by atoms with Crippen molar-refractivity contribution in [3.63, 3.8) is 0 Å². The monoisotopic (exact) mass is 525 g/mol. The average molecular weight is 526 g/mol. The second-order valence-corrected chi connectivity index (χ2v) is 11.3. The molecule has 3 aromatic rings. The number of benzene rings is 3. The first-order valence-corrected chi connectivity index (χ1v) is 14.9. The standard InChI is InChI=1S/C35H43NO3/c37-32(23-13-22-28-14-5-1-6-15-28)34-35(39-27-31-20-11-4-12-21-31)33(38-26-30-18-9-3-10-19-30)25-36(34)24-29-16-7-2-8-17-29/h2-4,7-12,16-21,28,33-35H,1,5-6,13-15,22-27H2. The van der Waals surface area contributed by atoms with Crippen LogP contribution in [0.5, 0.6) is 0 Å². The molecule has 5 rings (SSSR count). The van der Waals surface area contributed by atoms with E-state index in [1.165, 1.54) is 44.1 Å². The van der Waals surface area contributed by atoms with Crippen LogP contribution in [-0.2, 0) is 34.0 Å². The lowest BCUT2D eigenvalue weighted by Crippen LogP contribution is -2.44. The quantitative estimate of drug-likeness (QED) is 0.234. The van der Waals surface area contributed by atoms with Crippen LogP contribution in [-0.4, -0.2) is 35.5 Å². The second-order valence-electron chi connectivity index (χ2n) is 11.3. The predicted octanol–water partition coefficient (Wildman–Crippen LogP) is 7.36. The first-order valence-electron chi connectivity index (χ1n) is 14.9. The smallest absolute Gasteiger partial charge is 0.152 e. The molecule has 1 aliphatic carbocycles. The van der Waals surface area contributed by atoms with Crippen LogP contribution in [0.15, 0.2) is 91.0 Å². The Bertz CT molecular complexity index is 1110. The normalized spacial score (nSPS) is 22.2. The third-order valence-electron chi connectivity index (χ3n) is 8.40. The van der Waals surface area contributed by atoms with Gasteiger partial charge in [-0.1, -0.05) is 130 Å². The van der Waals surface area contributed by atoms with Crippen molar-refractivity contribution in [1.29, 1.82) is 0 Å². The Balaban J connectivity index is 1.32. The summed E-state index contributed by atoms with van der Waals surface area (Å²) >= 11 is 0. The molecule has 3 aromatic carbocycles. The minimum absolute atomic E-state index is 0.176. The molecule has 3 atom stereocenters. The van der Waals surface area contributed by atoms with Gasteiger partial charge in [0.2, 0.25) is 0 Å². The van der Waals surface area contributed by atoms with E-state index in [-0.39, 0.29) is 18.2 Å². The molecular weight excluding hydrogens is 482 g/mol. The van der Waals surface area contributed by atoms with Gasteiger partial charge in [0, 0.05) is 19.5 Å². The highest BCUT2D eigenvalue weighted by atomic mass is 16.5. The molecule has 0 amide bonds. The van der Waals surface area contributed by atoms with Crippen molar-refractivity contribution < 1.29 is 14.3 Å². The zero-order valence-electron chi connectivity index (χ0n) is 23.1. The van der Waals surface area contributed by atoms with Crippen LogP contribution >= 0.6 is 0 Å². The molecule has 0 radical (unpaired) electrons. The molecule has 1 aliphatic heterocycles. The van der Waals surface area contributed by atoms with Gasteiger partial charge in [0.15, 0.2) is 5.78 Å². The minimum atomic E-state index is -0.306. The topological polar surface area (TPSA) is 38.8 Å². The number of likely N-dealkylation sites (tertiary alicyclic amines) is 1. The van der Waals surface area contributed by atoms with Crippen molar-refractivity contribution in [2.45, 2.75) is 89.4 Å². The fourth-order valence-corrected chi connectivity index (χ4v) is 6.31. The maximum atomic E-state index is 14.0. The Labute approximate surface area is 234 Å². The Hall–Kier alpha value is -2.79. The van der Waals surface area contributed by atoms with Gasteiger partial charge in [-0.25, -0.2) is 0 Å². The van der Waals surface area contributed by atoms with Crippen molar-refractivity contribution in [3.8, 4) is 0 Å². The number of Topliss-reactive ketones (excluding diaryl/α,β-unsaturated/α-hetero) is 1. The molecule has 1 saturated heterocycles. The molecule has 0 N–H and O–H groups in total. The first-order chi connectivity index (χ1) is 19.3. The molecule has 4 heteroatoms. The number of rotatable bonds is 13. The van der Waals surface area contributed by atoms with Gasteiger partial charge in [-0.15, -0.1) is 0 Å². The maximum Gasteiger partial charge on any atom is 0.152 e. The summed E-state index contributed by atoms with van der Waals surface area (Å²) in [5, 5.41) is 0. The van der Waals surface area contributed by atoms with Crippen molar-refractivity contribution in [1.82, 2.24) is 4.90 Å². The van der Waals surface area contributed by atoms with Gasteiger partial charge in [-0.3, -0.25) is 9.69 Å². The van der Waals surface area contributed by atoms with E-state index in [2.05, 4.69) is 53.4 Å². The first kappa shape index (κ1) is 27.8. The maximum absolute atomic E-state index is 14.0. The number of ketones is 1. The summed E-state index contributed by atoms with van der Waals surface area (Å²) in [6.45, 7) is 2.39. The van der Waals surface area contributed by atoms with Crippen molar-refractivity contribution in [2.75, 3.05) is 6.54 Å². The summed E-state index contributed by atoms with van der Waals surface area (Å²) in [4.78, 5) is 16.3. The second kappa shape index (κ2) is 14.6. The average Bonchev–Trinajstić information content (AvgIpc) is 3.33. The summed E-state index contributed by atoms with van der Waals surface area (Å²) in [7, 11) is 0. The van der Waals surface area contributed by atoms with Crippen LogP contribution in [0.25, 0.3) is 0 Å². The van der Waals surface area contributed by atoms with Gasteiger partial charge >= 0.3 is 0 Å². The molecule has 1 heterocycles. The van der Waals surface area contributed by atoms with Crippen molar-refractivity contribution in [3.05, 3.63) is 108 Å². The Morgan fingerprint density at radius 3 is 1.90 bits per heavy atom. The molecule has 3 unspecified atom stereocenters. The number of hydrogen-bond acceptors (Lipinski definition) is 4. The number of carbonyl (C=O) groups is 1. The highest BCUT2D eigenvalue weighted by Gasteiger charge is 2.46. The summed E-state index contributed by atoms with van der Waals surface area (Å²) in [5.74, 6) is 1.09. The van der Waals surface area contributed by atoms with Crippen molar-refractivity contribution >= 4 is 5.78 Å².